The number of halogens is 3. The molecule has 0 aromatic heterocycles. The predicted molar refractivity (Wildman–Crippen MR) is 57.1 cm³/mol. The lowest BCUT2D eigenvalue weighted by Crippen LogP contribution is -2.27. The van der Waals surface area contributed by atoms with Gasteiger partial charge in [-0.25, -0.2) is 0 Å². The zero-order valence-corrected chi connectivity index (χ0v) is 8.64. The molecule has 0 spiro atoms. The molecule has 1 aromatic rings. The van der Waals surface area contributed by atoms with Crippen LogP contribution in [-0.2, 0) is 6.18 Å². The Balaban J connectivity index is 2.15. The van der Waals surface area contributed by atoms with E-state index in [1.54, 1.807) is 0 Å². The maximum Gasteiger partial charge on any atom is 0.416 e. The minimum Gasteiger partial charge on any atom is -0.397 e. The molecule has 0 aliphatic heterocycles. The summed E-state index contributed by atoms with van der Waals surface area (Å²) in [6.07, 6.45) is -1.05. The number of hydrogen-bond acceptors (Lipinski definition) is 2. The molecule has 1 aromatic carbocycles. The van der Waals surface area contributed by atoms with Gasteiger partial charge in [-0.15, -0.1) is 0 Å². The van der Waals surface area contributed by atoms with E-state index >= 15 is 0 Å². The summed E-state index contributed by atoms with van der Waals surface area (Å²) in [7, 11) is 0. The third kappa shape index (κ3) is 2.23. The first-order valence-corrected chi connectivity index (χ1v) is 5.20. The Labute approximate surface area is 91.6 Å². The Kier molecular flexibility index (Phi) is 2.69. The van der Waals surface area contributed by atoms with Crippen LogP contribution in [0.25, 0.3) is 0 Å². The van der Waals surface area contributed by atoms with Crippen LogP contribution in [0.2, 0.25) is 0 Å². The molecule has 0 unspecified atom stereocenters. The summed E-state index contributed by atoms with van der Waals surface area (Å²) in [5, 5.41) is 3.13. The Morgan fingerprint density at radius 2 is 1.94 bits per heavy atom. The van der Waals surface area contributed by atoms with E-state index in [2.05, 4.69) is 5.32 Å². The molecule has 16 heavy (non-hydrogen) atoms. The number of rotatable bonds is 2. The summed E-state index contributed by atoms with van der Waals surface area (Å²) >= 11 is 0. The third-order valence-electron chi connectivity index (χ3n) is 2.84. The molecule has 0 bridgehead atoms. The molecule has 1 fully saturated rings. The van der Waals surface area contributed by atoms with E-state index in [0.717, 1.165) is 31.4 Å². The van der Waals surface area contributed by atoms with E-state index in [4.69, 9.17) is 5.73 Å². The maximum atomic E-state index is 12.4. The zero-order valence-electron chi connectivity index (χ0n) is 8.64. The molecule has 0 heterocycles. The Morgan fingerprint density at radius 3 is 2.38 bits per heavy atom. The van der Waals surface area contributed by atoms with Gasteiger partial charge in [0.15, 0.2) is 0 Å². The monoisotopic (exact) mass is 230 g/mol. The van der Waals surface area contributed by atoms with E-state index in [1.807, 2.05) is 0 Å². The van der Waals surface area contributed by atoms with E-state index in [0.29, 0.717) is 11.7 Å². The highest BCUT2D eigenvalue weighted by atomic mass is 19.4. The minimum atomic E-state index is -4.33. The molecule has 2 rings (SSSR count). The van der Waals surface area contributed by atoms with Crippen molar-refractivity contribution in [3.8, 4) is 0 Å². The maximum absolute atomic E-state index is 12.4. The standard InChI is InChI=1S/C11H13F3N2/c12-11(13,14)7-4-5-10(9(15)6-7)16-8-2-1-3-8/h4-6,8,16H,1-3,15H2. The lowest BCUT2D eigenvalue weighted by molar-refractivity contribution is -0.137. The van der Waals surface area contributed by atoms with Gasteiger partial charge >= 0.3 is 6.18 Å². The average Bonchev–Trinajstić information content (AvgIpc) is 2.11. The van der Waals surface area contributed by atoms with Crippen molar-refractivity contribution in [2.75, 3.05) is 11.1 Å². The molecule has 2 nitrogen and oxygen atoms in total. The minimum absolute atomic E-state index is 0.154. The predicted octanol–water partition coefficient (Wildman–Crippen LogP) is 3.25. The fourth-order valence-corrected chi connectivity index (χ4v) is 1.64. The smallest absolute Gasteiger partial charge is 0.397 e. The van der Waals surface area contributed by atoms with Crippen molar-refractivity contribution < 1.29 is 13.2 Å². The zero-order chi connectivity index (χ0) is 11.8. The van der Waals surface area contributed by atoms with Crippen LogP contribution in [0.15, 0.2) is 18.2 Å². The average molecular weight is 230 g/mol. The SMILES string of the molecule is Nc1cc(C(F)(F)F)ccc1NC1CCC1. The van der Waals surface area contributed by atoms with Crippen LogP contribution in [0, 0.1) is 0 Å². The summed E-state index contributed by atoms with van der Waals surface area (Å²) < 4.78 is 37.1. The van der Waals surface area contributed by atoms with E-state index < -0.39 is 11.7 Å². The first-order chi connectivity index (χ1) is 7.47. The summed E-state index contributed by atoms with van der Waals surface area (Å²) in [6, 6.07) is 3.79. The second-order valence-electron chi connectivity index (χ2n) is 4.07. The van der Waals surface area contributed by atoms with Crippen LogP contribution >= 0.6 is 0 Å². The first kappa shape index (κ1) is 11.1. The Morgan fingerprint density at radius 1 is 1.25 bits per heavy atom. The van der Waals surface area contributed by atoms with Crippen molar-refractivity contribution in [1.29, 1.82) is 0 Å². The number of hydrogen-bond donors (Lipinski definition) is 2. The number of nitrogen functional groups attached to an aromatic ring is 1. The number of benzene rings is 1. The van der Waals surface area contributed by atoms with Crippen LogP contribution in [-0.4, -0.2) is 6.04 Å². The van der Waals surface area contributed by atoms with Crippen molar-refractivity contribution in [3.05, 3.63) is 23.8 Å². The van der Waals surface area contributed by atoms with Gasteiger partial charge in [-0.3, -0.25) is 0 Å². The van der Waals surface area contributed by atoms with Crippen molar-refractivity contribution in [2.45, 2.75) is 31.5 Å². The second-order valence-corrected chi connectivity index (χ2v) is 4.07. The highest BCUT2D eigenvalue weighted by Gasteiger charge is 2.31. The van der Waals surface area contributed by atoms with Gasteiger partial charge in [0.05, 0.1) is 16.9 Å². The number of alkyl halides is 3. The molecule has 3 N–H and O–H groups in total. The molecule has 0 radical (unpaired) electrons. The molecule has 1 aliphatic rings. The van der Waals surface area contributed by atoms with Gasteiger partial charge in [0.25, 0.3) is 0 Å². The first-order valence-electron chi connectivity index (χ1n) is 5.20. The highest BCUT2D eigenvalue weighted by Crippen LogP contribution is 2.34. The van der Waals surface area contributed by atoms with Gasteiger partial charge in [0.2, 0.25) is 0 Å². The third-order valence-corrected chi connectivity index (χ3v) is 2.84. The molecular formula is C11H13F3N2. The number of nitrogens with two attached hydrogens (primary N) is 1. The fraction of sp³-hybridized carbons (Fsp3) is 0.455. The van der Waals surface area contributed by atoms with Crippen LogP contribution in [0.1, 0.15) is 24.8 Å². The summed E-state index contributed by atoms with van der Waals surface area (Å²) in [5.74, 6) is 0. The number of anilines is 2. The largest absolute Gasteiger partial charge is 0.416 e. The van der Waals surface area contributed by atoms with Gasteiger partial charge in [-0.05, 0) is 37.5 Å². The fourth-order valence-electron chi connectivity index (χ4n) is 1.64. The van der Waals surface area contributed by atoms with Crippen LogP contribution in [0.5, 0.6) is 0 Å². The van der Waals surface area contributed by atoms with Crippen LogP contribution in [0.3, 0.4) is 0 Å². The van der Waals surface area contributed by atoms with E-state index in [-0.39, 0.29) is 5.69 Å². The van der Waals surface area contributed by atoms with Gasteiger partial charge in [-0.2, -0.15) is 13.2 Å². The van der Waals surface area contributed by atoms with Crippen molar-refractivity contribution in [2.24, 2.45) is 0 Å². The van der Waals surface area contributed by atoms with Gasteiger partial charge < -0.3 is 11.1 Å². The summed E-state index contributed by atoms with van der Waals surface area (Å²) in [4.78, 5) is 0. The Bertz CT molecular complexity index is 383. The molecular weight excluding hydrogens is 217 g/mol. The van der Waals surface area contributed by atoms with E-state index in [9.17, 15) is 13.2 Å². The van der Waals surface area contributed by atoms with Crippen LogP contribution < -0.4 is 11.1 Å². The van der Waals surface area contributed by atoms with Gasteiger partial charge in [-0.1, -0.05) is 0 Å². The molecule has 0 amide bonds. The Hall–Kier alpha value is -1.39. The lowest BCUT2D eigenvalue weighted by Gasteiger charge is -2.28. The normalized spacial score (nSPS) is 16.9. The van der Waals surface area contributed by atoms with Crippen molar-refractivity contribution >= 4 is 11.4 Å². The van der Waals surface area contributed by atoms with Crippen molar-refractivity contribution in [1.82, 2.24) is 0 Å². The molecule has 5 heteroatoms. The number of nitrogens with one attached hydrogen (secondary N) is 1. The molecule has 0 saturated heterocycles. The highest BCUT2D eigenvalue weighted by molar-refractivity contribution is 5.67. The van der Waals surface area contributed by atoms with Crippen molar-refractivity contribution in [3.63, 3.8) is 0 Å². The second kappa shape index (κ2) is 3.88. The molecule has 1 saturated carbocycles. The lowest BCUT2D eigenvalue weighted by atomic mass is 9.93. The van der Waals surface area contributed by atoms with E-state index in [1.165, 1.54) is 6.07 Å². The summed E-state index contributed by atoms with van der Waals surface area (Å²) in [6.45, 7) is 0. The molecule has 88 valence electrons. The summed E-state index contributed by atoms with van der Waals surface area (Å²) in [5.41, 5.74) is 5.63. The quantitative estimate of drug-likeness (QED) is 0.765. The molecule has 1 aliphatic carbocycles. The topological polar surface area (TPSA) is 38.0 Å². The van der Waals surface area contributed by atoms with Gasteiger partial charge in [0, 0.05) is 6.04 Å². The van der Waals surface area contributed by atoms with Gasteiger partial charge in [0.1, 0.15) is 0 Å². The molecule has 0 atom stereocenters. The van der Waals surface area contributed by atoms with Crippen LogP contribution in [0.4, 0.5) is 24.5 Å².